The predicted molar refractivity (Wildman–Crippen MR) is 79.6 cm³/mol. The van der Waals surface area contributed by atoms with E-state index in [1.165, 1.54) is 11.3 Å². The Kier molecular flexibility index (Phi) is 4.95. The van der Waals surface area contributed by atoms with Gasteiger partial charge in [-0.2, -0.15) is 0 Å². The van der Waals surface area contributed by atoms with Crippen LogP contribution in [0.4, 0.5) is 5.69 Å². The number of aromatic nitrogens is 1. The van der Waals surface area contributed by atoms with Crippen LogP contribution in [0.5, 0.6) is 5.75 Å². The number of thiazole rings is 1. The summed E-state index contributed by atoms with van der Waals surface area (Å²) in [4.78, 5) is 17.7. The van der Waals surface area contributed by atoms with Crippen LogP contribution in [0.25, 0.3) is 0 Å². The van der Waals surface area contributed by atoms with Crippen LogP contribution in [0.2, 0.25) is 0 Å². The van der Waals surface area contributed by atoms with E-state index in [1.54, 1.807) is 41.7 Å². The number of amides is 1. The quantitative estimate of drug-likeness (QED) is 0.828. The molecule has 0 spiro atoms. The van der Waals surface area contributed by atoms with Crippen LogP contribution in [0.1, 0.15) is 12.1 Å². The van der Waals surface area contributed by atoms with Crippen molar-refractivity contribution in [3.05, 3.63) is 40.8 Å². The van der Waals surface area contributed by atoms with Crippen molar-refractivity contribution in [3.63, 3.8) is 0 Å². The van der Waals surface area contributed by atoms with Crippen LogP contribution in [-0.4, -0.2) is 29.4 Å². The zero-order chi connectivity index (χ0) is 14.4. The lowest BCUT2D eigenvalue weighted by atomic mass is 10.3. The highest BCUT2D eigenvalue weighted by Crippen LogP contribution is 2.13. The maximum atomic E-state index is 11.9. The smallest absolute Gasteiger partial charge is 0.226 e. The normalized spacial score (nSPS) is 10.2. The number of carbonyl (C=O) groups excluding carboxylic acids is 1. The van der Waals surface area contributed by atoms with Gasteiger partial charge in [0.05, 0.1) is 30.8 Å². The Bertz CT molecular complexity index is 540. The molecule has 2 rings (SSSR count). The number of nitrogens with zero attached hydrogens (tertiary/aromatic N) is 2. The number of hydrogen-bond donors (Lipinski definition) is 1. The molecule has 0 unspecified atom stereocenters. The molecule has 2 aromatic rings. The van der Waals surface area contributed by atoms with Crippen molar-refractivity contribution < 1.29 is 9.53 Å². The summed E-state index contributed by atoms with van der Waals surface area (Å²) >= 11 is 1.53. The maximum absolute atomic E-state index is 11.9. The molecule has 1 aromatic carbocycles. The number of anilines is 1. The van der Waals surface area contributed by atoms with Gasteiger partial charge in [0.15, 0.2) is 0 Å². The first-order valence-corrected chi connectivity index (χ1v) is 7.19. The molecular formula is C14H17N3O2S. The van der Waals surface area contributed by atoms with Gasteiger partial charge in [-0.15, -0.1) is 11.3 Å². The minimum Gasteiger partial charge on any atom is -0.493 e. The molecule has 1 amide bonds. The minimum atomic E-state index is 0.0356. The second-order valence-electron chi connectivity index (χ2n) is 4.40. The van der Waals surface area contributed by atoms with Gasteiger partial charge in [-0.25, -0.2) is 4.98 Å². The molecule has 0 atom stereocenters. The molecule has 0 bridgehead atoms. The van der Waals surface area contributed by atoms with E-state index in [2.05, 4.69) is 4.98 Å². The van der Waals surface area contributed by atoms with Crippen LogP contribution in [-0.2, 0) is 11.3 Å². The van der Waals surface area contributed by atoms with Crippen molar-refractivity contribution in [2.45, 2.75) is 13.0 Å². The van der Waals surface area contributed by atoms with E-state index < -0.39 is 0 Å². The third-order valence-corrected chi connectivity index (χ3v) is 3.41. The molecular weight excluding hydrogens is 274 g/mol. The first kappa shape index (κ1) is 14.3. The molecule has 0 fully saturated rings. The SMILES string of the molecule is CN(Cc1cscn1)C(=O)CCOc1ccc(N)cc1. The number of ether oxygens (including phenoxy) is 1. The summed E-state index contributed by atoms with van der Waals surface area (Å²) in [6.07, 6.45) is 0.338. The Labute approximate surface area is 122 Å². The summed E-state index contributed by atoms with van der Waals surface area (Å²) < 4.78 is 5.50. The van der Waals surface area contributed by atoms with E-state index in [0.29, 0.717) is 31.0 Å². The molecule has 0 radical (unpaired) electrons. The molecule has 6 heteroatoms. The number of rotatable bonds is 6. The van der Waals surface area contributed by atoms with Crippen molar-refractivity contribution in [2.24, 2.45) is 0 Å². The van der Waals surface area contributed by atoms with Gasteiger partial charge in [0.2, 0.25) is 5.91 Å². The van der Waals surface area contributed by atoms with Gasteiger partial charge in [-0.05, 0) is 24.3 Å². The molecule has 20 heavy (non-hydrogen) atoms. The Morgan fingerprint density at radius 2 is 2.15 bits per heavy atom. The number of hydrogen-bond acceptors (Lipinski definition) is 5. The Morgan fingerprint density at radius 3 is 2.80 bits per heavy atom. The average molecular weight is 291 g/mol. The van der Waals surface area contributed by atoms with Gasteiger partial charge in [0, 0.05) is 18.1 Å². The number of carbonyl (C=O) groups is 1. The Morgan fingerprint density at radius 1 is 1.40 bits per heavy atom. The van der Waals surface area contributed by atoms with Crippen LogP contribution < -0.4 is 10.5 Å². The van der Waals surface area contributed by atoms with Gasteiger partial charge in [0.1, 0.15) is 5.75 Å². The third-order valence-electron chi connectivity index (χ3n) is 2.77. The fourth-order valence-corrected chi connectivity index (χ4v) is 2.21. The monoisotopic (exact) mass is 291 g/mol. The van der Waals surface area contributed by atoms with Crippen molar-refractivity contribution in [1.82, 2.24) is 9.88 Å². The van der Waals surface area contributed by atoms with E-state index in [0.717, 1.165) is 5.69 Å². The second-order valence-corrected chi connectivity index (χ2v) is 5.12. The number of nitrogen functional groups attached to an aromatic ring is 1. The summed E-state index contributed by atoms with van der Waals surface area (Å²) in [5, 5.41) is 1.94. The molecule has 0 aliphatic heterocycles. The molecule has 5 nitrogen and oxygen atoms in total. The predicted octanol–water partition coefficient (Wildman–Crippen LogP) is 2.15. The van der Waals surface area contributed by atoms with Crippen molar-refractivity contribution >= 4 is 22.9 Å². The number of benzene rings is 1. The fraction of sp³-hybridized carbons (Fsp3) is 0.286. The highest BCUT2D eigenvalue weighted by molar-refractivity contribution is 7.07. The summed E-state index contributed by atoms with van der Waals surface area (Å²) in [5.41, 5.74) is 8.95. The molecule has 2 N–H and O–H groups in total. The first-order chi connectivity index (χ1) is 9.65. The van der Waals surface area contributed by atoms with E-state index in [9.17, 15) is 4.79 Å². The van der Waals surface area contributed by atoms with Crippen LogP contribution in [0, 0.1) is 0 Å². The van der Waals surface area contributed by atoms with Gasteiger partial charge < -0.3 is 15.4 Å². The zero-order valence-electron chi connectivity index (χ0n) is 11.3. The Balaban J connectivity index is 1.73. The summed E-state index contributed by atoms with van der Waals surface area (Å²) in [5.74, 6) is 0.752. The van der Waals surface area contributed by atoms with Crippen LogP contribution in [0.15, 0.2) is 35.2 Å². The van der Waals surface area contributed by atoms with Crippen LogP contribution in [0.3, 0.4) is 0 Å². The molecule has 0 saturated heterocycles. The van der Waals surface area contributed by atoms with E-state index in [-0.39, 0.29) is 5.91 Å². The summed E-state index contributed by atoms with van der Waals surface area (Å²) in [7, 11) is 1.77. The first-order valence-electron chi connectivity index (χ1n) is 6.24. The molecule has 1 aromatic heterocycles. The molecule has 106 valence electrons. The maximum Gasteiger partial charge on any atom is 0.226 e. The fourth-order valence-electron chi connectivity index (χ4n) is 1.66. The van der Waals surface area contributed by atoms with Gasteiger partial charge in [-0.3, -0.25) is 4.79 Å². The van der Waals surface area contributed by atoms with Crippen LogP contribution >= 0.6 is 11.3 Å². The Hall–Kier alpha value is -2.08. The second kappa shape index (κ2) is 6.91. The van der Waals surface area contributed by atoms with Crippen molar-refractivity contribution in [2.75, 3.05) is 19.4 Å². The zero-order valence-corrected chi connectivity index (χ0v) is 12.1. The topological polar surface area (TPSA) is 68.5 Å². The van der Waals surface area contributed by atoms with Gasteiger partial charge in [-0.1, -0.05) is 0 Å². The van der Waals surface area contributed by atoms with Crippen molar-refractivity contribution in [3.8, 4) is 5.75 Å². The lowest BCUT2D eigenvalue weighted by molar-refractivity contribution is -0.131. The molecule has 0 aliphatic rings. The van der Waals surface area contributed by atoms with E-state index in [4.69, 9.17) is 10.5 Å². The lowest BCUT2D eigenvalue weighted by Gasteiger charge is -2.16. The molecule has 0 saturated carbocycles. The van der Waals surface area contributed by atoms with Gasteiger partial charge in [0.25, 0.3) is 0 Å². The third kappa shape index (κ3) is 4.24. The van der Waals surface area contributed by atoms with E-state index >= 15 is 0 Å². The van der Waals surface area contributed by atoms with Crippen molar-refractivity contribution in [1.29, 1.82) is 0 Å². The summed E-state index contributed by atoms with van der Waals surface area (Å²) in [6.45, 7) is 0.883. The highest BCUT2D eigenvalue weighted by atomic mass is 32.1. The minimum absolute atomic E-state index is 0.0356. The summed E-state index contributed by atoms with van der Waals surface area (Å²) in [6, 6.07) is 7.12. The largest absolute Gasteiger partial charge is 0.493 e. The average Bonchev–Trinajstić information content (AvgIpc) is 2.93. The van der Waals surface area contributed by atoms with E-state index in [1.807, 2.05) is 5.38 Å². The van der Waals surface area contributed by atoms with Gasteiger partial charge >= 0.3 is 0 Å². The highest BCUT2D eigenvalue weighted by Gasteiger charge is 2.10. The molecule has 1 heterocycles. The lowest BCUT2D eigenvalue weighted by Crippen LogP contribution is -2.27. The standard InChI is InChI=1S/C14H17N3O2S/c1-17(8-12-9-20-10-16-12)14(18)6-7-19-13-4-2-11(15)3-5-13/h2-5,9-10H,6-8,15H2,1H3. The molecule has 0 aliphatic carbocycles. The number of nitrogens with two attached hydrogens (primary N) is 1.